The van der Waals surface area contributed by atoms with Gasteiger partial charge < -0.3 is 4.57 Å². The summed E-state index contributed by atoms with van der Waals surface area (Å²) in [5, 5.41) is 0. The van der Waals surface area contributed by atoms with Crippen LogP contribution in [0.15, 0.2) is 30.7 Å². The minimum Gasteiger partial charge on any atom is -0.340 e. The molecule has 0 fully saturated rings. The van der Waals surface area contributed by atoms with E-state index in [1.807, 2.05) is 26.0 Å². The van der Waals surface area contributed by atoms with Gasteiger partial charge in [0.05, 0.1) is 12.7 Å². The predicted octanol–water partition coefficient (Wildman–Crippen LogP) is 2.49. The van der Waals surface area contributed by atoms with E-state index in [0.29, 0.717) is 11.3 Å². The predicted molar refractivity (Wildman–Crippen MR) is 72.4 cm³/mol. The molecule has 0 spiro atoms. The van der Waals surface area contributed by atoms with E-state index in [9.17, 15) is 9.59 Å². The van der Waals surface area contributed by atoms with Crippen molar-refractivity contribution in [1.82, 2.24) is 9.55 Å². The number of aryl methyl sites for hydroxylation is 3. The number of ketones is 2. The Labute approximate surface area is 112 Å². The van der Waals surface area contributed by atoms with Crippen LogP contribution in [0, 0.1) is 13.8 Å². The lowest BCUT2D eigenvalue weighted by atomic mass is 10.0. The van der Waals surface area contributed by atoms with Crippen LogP contribution >= 0.6 is 0 Å². The molecule has 0 saturated heterocycles. The standard InChI is InChI=1S/C15H16N2O2/c1-10-4-5-12(6-11(10)2)14(18)7-15(19)13-8-17(3)9-16-13/h4-6,8-9H,7H2,1-3H3. The molecule has 0 saturated carbocycles. The van der Waals surface area contributed by atoms with E-state index >= 15 is 0 Å². The highest BCUT2D eigenvalue weighted by Gasteiger charge is 2.15. The van der Waals surface area contributed by atoms with Gasteiger partial charge in [-0.05, 0) is 31.0 Å². The van der Waals surface area contributed by atoms with Crippen LogP contribution in [0.2, 0.25) is 0 Å². The zero-order valence-corrected chi connectivity index (χ0v) is 11.3. The number of nitrogens with zero attached hydrogens (tertiary/aromatic N) is 2. The molecular weight excluding hydrogens is 240 g/mol. The SMILES string of the molecule is Cc1ccc(C(=O)CC(=O)c2cn(C)cn2)cc1C. The van der Waals surface area contributed by atoms with Gasteiger partial charge in [-0.1, -0.05) is 12.1 Å². The van der Waals surface area contributed by atoms with Crippen molar-refractivity contribution in [2.24, 2.45) is 7.05 Å². The quantitative estimate of drug-likeness (QED) is 0.624. The van der Waals surface area contributed by atoms with Gasteiger partial charge >= 0.3 is 0 Å². The lowest BCUT2D eigenvalue weighted by Gasteiger charge is -2.03. The van der Waals surface area contributed by atoms with Crippen LogP contribution in [0.25, 0.3) is 0 Å². The number of Topliss-reactive ketones (excluding diaryl/α,β-unsaturated/α-hetero) is 2. The first kappa shape index (κ1) is 13.2. The van der Waals surface area contributed by atoms with E-state index in [0.717, 1.165) is 11.1 Å². The van der Waals surface area contributed by atoms with Crippen molar-refractivity contribution in [3.8, 4) is 0 Å². The Balaban J connectivity index is 2.12. The van der Waals surface area contributed by atoms with Crippen molar-refractivity contribution in [1.29, 1.82) is 0 Å². The van der Waals surface area contributed by atoms with Crippen molar-refractivity contribution >= 4 is 11.6 Å². The first-order valence-electron chi connectivity index (χ1n) is 6.09. The Bertz CT molecular complexity index is 641. The third kappa shape index (κ3) is 2.96. The molecule has 1 aromatic carbocycles. The second kappa shape index (κ2) is 5.18. The summed E-state index contributed by atoms with van der Waals surface area (Å²) in [6, 6.07) is 5.48. The molecule has 0 aliphatic carbocycles. The average molecular weight is 256 g/mol. The molecule has 2 rings (SSSR count). The first-order valence-corrected chi connectivity index (χ1v) is 6.09. The second-order valence-electron chi connectivity index (χ2n) is 4.75. The number of aromatic nitrogens is 2. The van der Waals surface area contributed by atoms with Gasteiger partial charge in [0.25, 0.3) is 0 Å². The monoisotopic (exact) mass is 256 g/mol. The van der Waals surface area contributed by atoms with E-state index in [-0.39, 0.29) is 18.0 Å². The van der Waals surface area contributed by atoms with Crippen molar-refractivity contribution in [3.05, 3.63) is 53.1 Å². The van der Waals surface area contributed by atoms with E-state index in [1.165, 1.54) is 0 Å². The number of hydrogen-bond acceptors (Lipinski definition) is 3. The number of imidazole rings is 1. The van der Waals surface area contributed by atoms with Crippen LogP contribution < -0.4 is 0 Å². The summed E-state index contributed by atoms with van der Waals surface area (Å²) in [6.45, 7) is 3.94. The highest BCUT2D eigenvalue weighted by molar-refractivity contribution is 6.12. The number of carbonyl (C=O) groups is 2. The highest BCUT2D eigenvalue weighted by atomic mass is 16.1. The molecule has 0 bridgehead atoms. The number of benzene rings is 1. The fourth-order valence-corrected chi connectivity index (χ4v) is 1.81. The molecule has 1 aromatic heterocycles. The topological polar surface area (TPSA) is 52.0 Å². The lowest BCUT2D eigenvalue weighted by Crippen LogP contribution is -2.09. The van der Waals surface area contributed by atoms with E-state index < -0.39 is 0 Å². The summed E-state index contributed by atoms with van der Waals surface area (Å²) in [4.78, 5) is 27.9. The largest absolute Gasteiger partial charge is 0.340 e. The molecule has 0 unspecified atom stereocenters. The molecule has 0 atom stereocenters. The van der Waals surface area contributed by atoms with Crippen LogP contribution in [0.4, 0.5) is 0 Å². The Hall–Kier alpha value is -2.23. The van der Waals surface area contributed by atoms with Crippen LogP contribution in [-0.4, -0.2) is 21.1 Å². The molecule has 98 valence electrons. The minimum atomic E-state index is -0.246. The summed E-state index contributed by atoms with van der Waals surface area (Å²) in [6.07, 6.45) is 3.03. The van der Waals surface area contributed by atoms with Gasteiger partial charge in [-0.15, -0.1) is 0 Å². The minimum absolute atomic E-state index is 0.139. The van der Waals surface area contributed by atoms with Gasteiger partial charge in [0.1, 0.15) is 5.69 Å². The normalized spacial score (nSPS) is 10.5. The van der Waals surface area contributed by atoms with E-state index in [1.54, 1.807) is 30.2 Å². The second-order valence-corrected chi connectivity index (χ2v) is 4.75. The summed E-state index contributed by atoms with van der Waals surface area (Å²) in [7, 11) is 1.79. The van der Waals surface area contributed by atoms with E-state index in [2.05, 4.69) is 4.98 Å². The lowest BCUT2D eigenvalue weighted by molar-refractivity contribution is 0.0891. The molecule has 1 heterocycles. The fraction of sp³-hybridized carbons (Fsp3) is 0.267. The van der Waals surface area contributed by atoms with Crippen LogP contribution in [-0.2, 0) is 7.05 Å². The maximum Gasteiger partial charge on any atom is 0.190 e. The molecular formula is C15H16N2O2. The Morgan fingerprint density at radius 3 is 2.47 bits per heavy atom. The van der Waals surface area contributed by atoms with Crippen LogP contribution in [0.1, 0.15) is 38.4 Å². The maximum absolute atomic E-state index is 12.0. The molecule has 0 aliphatic heterocycles. The molecule has 0 radical (unpaired) electrons. The molecule has 0 aliphatic rings. The smallest absolute Gasteiger partial charge is 0.190 e. The molecule has 4 heteroatoms. The van der Waals surface area contributed by atoms with Crippen molar-refractivity contribution in [2.75, 3.05) is 0 Å². The van der Waals surface area contributed by atoms with Crippen LogP contribution in [0.3, 0.4) is 0 Å². The Kier molecular flexibility index (Phi) is 3.60. The zero-order valence-electron chi connectivity index (χ0n) is 11.3. The first-order chi connectivity index (χ1) is 8.97. The van der Waals surface area contributed by atoms with E-state index in [4.69, 9.17) is 0 Å². The summed E-state index contributed by atoms with van der Waals surface area (Å²) in [5.41, 5.74) is 3.09. The van der Waals surface area contributed by atoms with Crippen molar-refractivity contribution < 1.29 is 9.59 Å². The maximum atomic E-state index is 12.0. The number of rotatable bonds is 4. The third-order valence-electron chi connectivity index (χ3n) is 3.14. The van der Waals surface area contributed by atoms with Gasteiger partial charge in [-0.25, -0.2) is 4.98 Å². The zero-order chi connectivity index (χ0) is 14.0. The van der Waals surface area contributed by atoms with Crippen molar-refractivity contribution in [2.45, 2.75) is 20.3 Å². The highest BCUT2D eigenvalue weighted by Crippen LogP contribution is 2.13. The number of carbonyl (C=O) groups excluding carboxylic acids is 2. The number of hydrogen-bond donors (Lipinski definition) is 0. The Morgan fingerprint density at radius 2 is 1.89 bits per heavy atom. The van der Waals surface area contributed by atoms with Gasteiger partial charge in [0, 0.05) is 18.8 Å². The molecule has 0 N–H and O–H groups in total. The fourth-order valence-electron chi connectivity index (χ4n) is 1.81. The summed E-state index contributed by atoms with van der Waals surface area (Å²) < 4.78 is 1.69. The third-order valence-corrected chi connectivity index (χ3v) is 3.14. The van der Waals surface area contributed by atoms with Gasteiger partial charge in [-0.3, -0.25) is 9.59 Å². The molecule has 19 heavy (non-hydrogen) atoms. The van der Waals surface area contributed by atoms with Gasteiger partial charge in [-0.2, -0.15) is 0 Å². The van der Waals surface area contributed by atoms with Gasteiger partial charge in [0.15, 0.2) is 11.6 Å². The van der Waals surface area contributed by atoms with Crippen LogP contribution in [0.5, 0.6) is 0 Å². The summed E-state index contributed by atoms with van der Waals surface area (Å²) >= 11 is 0. The van der Waals surface area contributed by atoms with Gasteiger partial charge in [0.2, 0.25) is 0 Å². The Morgan fingerprint density at radius 1 is 1.16 bits per heavy atom. The molecule has 0 amide bonds. The van der Waals surface area contributed by atoms with Crippen molar-refractivity contribution in [3.63, 3.8) is 0 Å². The molecule has 4 nitrogen and oxygen atoms in total. The molecule has 2 aromatic rings. The summed E-state index contributed by atoms with van der Waals surface area (Å²) in [5.74, 6) is -0.414. The average Bonchev–Trinajstić information content (AvgIpc) is 2.79.